The van der Waals surface area contributed by atoms with Crippen molar-refractivity contribution in [2.24, 2.45) is 11.8 Å². The molecule has 22 heavy (non-hydrogen) atoms. The van der Waals surface area contributed by atoms with Crippen LogP contribution in [0, 0.1) is 11.8 Å². The Morgan fingerprint density at radius 1 is 0.773 bits per heavy atom. The van der Waals surface area contributed by atoms with Gasteiger partial charge in [-0.3, -0.25) is 0 Å². The van der Waals surface area contributed by atoms with Crippen LogP contribution in [0.5, 0.6) is 0 Å². The number of β-amino-alcohol motifs (C(OH)–C–C–N with tert-alkyl or cyclic N) is 1. The van der Waals surface area contributed by atoms with Gasteiger partial charge in [-0.2, -0.15) is 0 Å². The van der Waals surface area contributed by atoms with Crippen molar-refractivity contribution in [2.45, 2.75) is 11.8 Å². The predicted molar refractivity (Wildman–Crippen MR) is 87.1 cm³/mol. The predicted octanol–water partition coefficient (Wildman–Crippen LogP) is 2.82. The van der Waals surface area contributed by atoms with E-state index in [-0.39, 0.29) is 6.61 Å². The van der Waals surface area contributed by atoms with Gasteiger partial charge in [-0.05, 0) is 34.1 Å². The van der Waals surface area contributed by atoms with Crippen LogP contribution in [0.15, 0.2) is 48.5 Å². The highest BCUT2D eigenvalue weighted by Gasteiger charge is 2.52. The quantitative estimate of drug-likeness (QED) is 0.919. The van der Waals surface area contributed by atoms with Crippen molar-refractivity contribution in [3.05, 3.63) is 70.8 Å². The lowest BCUT2D eigenvalue weighted by Gasteiger charge is -2.48. The van der Waals surface area contributed by atoms with Crippen molar-refractivity contribution in [3.8, 4) is 0 Å². The highest BCUT2D eigenvalue weighted by atomic mass is 16.3. The zero-order valence-corrected chi connectivity index (χ0v) is 12.7. The topological polar surface area (TPSA) is 23.5 Å². The molecule has 2 bridgehead atoms. The van der Waals surface area contributed by atoms with Gasteiger partial charge in [-0.15, -0.1) is 0 Å². The highest BCUT2D eigenvalue weighted by molar-refractivity contribution is 5.57. The van der Waals surface area contributed by atoms with Gasteiger partial charge in [-0.25, -0.2) is 0 Å². The lowest BCUT2D eigenvalue weighted by Crippen LogP contribution is -2.39. The Labute approximate surface area is 131 Å². The first-order valence-electron chi connectivity index (χ1n) is 8.39. The average Bonchev–Trinajstić information content (AvgIpc) is 2.98. The molecule has 1 saturated heterocycles. The highest BCUT2D eigenvalue weighted by Crippen LogP contribution is 2.60. The SMILES string of the molecule is OCCN1C[C@@H]2C3c4ccccc4C(c4ccccc43)[C@@H]2C1. The first-order valence-corrected chi connectivity index (χ1v) is 8.39. The molecule has 2 atom stereocenters. The second-order valence-corrected chi connectivity index (χ2v) is 7.02. The van der Waals surface area contributed by atoms with Crippen molar-refractivity contribution in [3.63, 3.8) is 0 Å². The average molecular weight is 291 g/mol. The number of nitrogens with zero attached hydrogens (tertiary/aromatic N) is 1. The van der Waals surface area contributed by atoms with Crippen LogP contribution in [0.2, 0.25) is 0 Å². The van der Waals surface area contributed by atoms with Gasteiger partial charge in [0.2, 0.25) is 0 Å². The largest absolute Gasteiger partial charge is 0.395 e. The molecular weight excluding hydrogens is 270 g/mol. The molecular formula is C20H21NO. The van der Waals surface area contributed by atoms with E-state index in [2.05, 4.69) is 53.4 Å². The molecule has 2 nitrogen and oxygen atoms in total. The summed E-state index contributed by atoms with van der Waals surface area (Å²) in [6.45, 7) is 3.36. The van der Waals surface area contributed by atoms with E-state index in [1.165, 1.54) is 0 Å². The van der Waals surface area contributed by atoms with E-state index in [4.69, 9.17) is 0 Å². The molecule has 0 spiro atoms. The van der Waals surface area contributed by atoms with Crippen molar-refractivity contribution >= 4 is 0 Å². The normalized spacial score (nSPS) is 31.7. The molecule has 2 heteroatoms. The third kappa shape index (κ3) is 1.57. The van der Waals surface area contributed by atoms with Crippen molar-refractivity contribution in [1.82, 2.24) is 4.90 Å². The maximum absolute atomic E-state index is 9.31. The van der Waals surface area contributed by atoms with E-state index in [0.29, 0.717) is 23.7 Å². The minimum atomic E-state index is 0.272. The molecule has 1 aliphatic heterocycles. The van der Waals surface area contributed by atoms with Crippen LogP contribution in [0.4, 0.5) is 0 Å². The van der Waals surface area contributed by atoms with E-state index in [9.17, 15) is 5.11 Å². The van der Waals surface area contributed by atoms with E-state index in [1.54, 1.807) is 22.3 Å². The molecule has 6 rings (SSSR count). The molecule has 1 fully saturated rings. The first-order chi connectivity index (χ1) is 10.9. The molecule has 4 aliphatic rings. The van der Waals surface area contributed by atoms with Crippen LogP contribution >= 0.6 is 0 Å². The van der Waals surface area contributed by atoms with E-state index < -0.39 is 0 Å². The van der Waals surface area contributed by atoms with Gasteiger partial charge in [0.25, 0.3) is 0 Å². The molecule has 0 aromatic heterocycles. The Morgan fingerprint density at radius 2 is 1.18 bits per heavy atom. The minimum absolute atomic E-state index is 0.272. The third-order valence-corrected chi connectivity index (χ3v) is 6.09. The fourth-order valence-electron chi connectivity index (χ4n) is 5.38. The fraction of sp³-hybridized carbons (Fsp3) is 0.400. The molecule has 2 aromatic rings. The summed E-state index contributed by atoms with van der Waals surface area (Å²) in [7, 11) is 0. The first kappa shape index (κ1) is 12.9. The van der Waals surface area contributed by atoms with Gasteiger partial charge in [0.1, 0.15) is 0 Å². The zero-order valence-electron chi connectivity index (χ0n) is 12.7. The number of hydrogen-bond donors (Lipinski definition) is 1. The Hall–Kier alpha value is -1.64. The lowest BCUT2D eigenvalue weighted by atomic mass is 9.55. The summed E-state index contributed by atoms with van der Waals surface area (Å²) in [5.41, 5.74) is 6.22. The molecule has 1 N–H and O–H groups in total. The molecule has 0 saturated carbocycles. The van der Waals surface area contributed by atoms with Gasteiger partial charge in [0.05, 0.1) is 6.61 Å². The summed E-state index contributed by atoms with van der Waals surface area (Å²) in [6.07, 6.45) is 0. The minimum Gasteiger partial charge on any atom is -0.395 e. The van der Waals surface area contributed by atoms with Crippen LogP contribution in [-0.2, 0) is 0 Å². The van der Waals surface area contributed by atoms with Crippen LogP contribution < -0.4 is 0 Å². The smallest absolute Gasteiger partial charge is 0.0558 e. The Bertz CT molecular complexity index is 620. The second kappa shape index (κ2) is 4.68. The van der Waals surface area contributed by atoms with Crippen molar-refractivity contribution in [2.75, 3.05) is 26.2 Å². The fourth-order valence-corrected chi connectivity index (χ4v) is 5.38. The van der Waals surface area contributed by atoms with Crippen molar-refractivity contribution < 1.29 is 5.11 Å². The Balaban J connectivity index is 1.68. The summed E-state index contributed by atoms with van der Waals surface area (Å²) in [4.78, 5) is 2.47. The third-order valence-electron chi connectivity index (χ3n) is 6.09. The summed E-state index contributed by atoms with van der Waals surface area (Å²) >= 11 is 0. The Kier molecular flexibility index (Phi) is 2.73. The van der Waals surface area contributed by atoms with Crippen molar-refractivity contribution in [1.29, 1.82) is 0 Å². The number of aliphatic hydroxyl groups is 1. The van der Waals surface area contributed by atoms with Crippen LogP contribution in [0.1, 0.15) is 34.1 Å². The summed E-state index contributed by atoms with van der Waals surface area (Å²) < 4.78 is 0. The molecule has 1 heterocycles. The zero-order chi connectivity index (χ0) is 14.7. The Morgan fingerprint density at radius 3 is 1.55 bits per heavy atom. The maximum atomic E-state index is 9.31. The van der Waals surface area contributed by atoms with E-state index in [0.717, 1.165) is 19.6 Å². The van der Waals surface area contributed by atoms with E-state index >= 15 is 0 Å². The second-order valence-electron chi connectivity index (χ2n) is 7.02. The van der Waals surface area contributed by atoms with Crippen LogP contribution in [0.3, 0.4) is 0 Å². The monoisotopic (exact) mass is 291 g/mol. The molecule has 0 radical (unpaired) electrons. The summed E-state index contributed by atoms with van der Waals surface area (Å²) in [5.74, 6) is 2.51. The van der Waals surface area contributed by atoms with Crippen LogP contribution in [0.25, 0.3) is 0 Å². The number of hydrogen-bond acceptors (Lipinski definition) is 2. The molecule has 0 amide bonds. The standard InChI is InChI=1S/C20H21NO/c22-10-9-21-11-17-18(12-21)20-14-6-2-1-5-13(14)19(17)15-7-3-4-8-16(15)20/h1-8,17-20,22H,9-12H2/t17-,18+,19?,20?. The summed E-state index contributed by atoms with van der Waals surface area (Å²) in [6, 6.07) is 18.1. The van der Waals surface area contributed by atoms with Gasteiger partial charge >= 0.3 is 0 Å². The van der Waals surface area contributed by atoms with Gasteiger partial charge in [0.15, 0.2) is 0 Å². The molecule has 0 unspecified atom stereocenters. The number of benzene rings is 2. The molecule has 112 valence electrons. The van der Waals surface area contributed by atoms with Crippen LogP contribution in [-0.4, -0.2) is 36.2 Å². The lowest BCUT2D eigenvalue weighted by molar-refractivity contribution is 0.215. The van der Waals surface area contributed by atoms with Gasteiger partial charge in [0, 0.05) is 31.5 Å². The number of rotatable bonds is 2. The molecule has 2 aromatic carbocycles. The van der Waals surface area contributed by atoms with E-state index in [1.807, 2.05) is 0 Å². The summed E-state index contributed by atoms with van der Waals surface area (Å²) in [5, 5.41) is 9.31. The number of aliphatic hydroxyl groups excluding tert-OH is 1. The molecule has 3 aliphatic carbocycles. The van der Waals surface area contributed by atoms with Gasteiger partial charge < -0.3 is 10.0 Å². The number of likely N-dealkylation sites (tertiary alicyclic amines) is 1. The maximum Gasteiger partial charge on any atom is 0.0558 e. The van der Waals surface area contributed by atoms with Gasteiger partial charge in [-0.1, -0.05) is 48.5 Å².